The van der Waals surface area contributed by atoms with E-state index >= 15 is 0 Å². The van der Waals surface area contributed by atoms with E-state index in [-0.39, 0.29) is 0 Å². The van der Waals surface area contributed by atoms with Gasteiger partial charge in [-0.15, -0.1) is 23.2 Å². The Morgan fingerprint density at radius 2 is 1.50 bits per heavy atom. The van der Waals surface area contributed by atoms with Crippen LogP contribution in [0.1, 0.15) is 5.56 Å². The molecule has 0 aliphatic rings. The molecular weight excluding hydrogens is 267 g/mol. The molecule has 2 nitrogen and oxygen atoms in total. The number of benzene rings is 1. The summed E-state index contributed by atoms with van der Waals surface area (Å²) in [6.07, 6.45) is 0. The van der Waals surface area contributed by atoms with Crippen molar-refractivity contribution in [3.05, 3.63) is 35.9 Å². The van der Waals surface area contributed by atoms with Crippen LogP contribution in [0.2, 0.25) is 0 Å². The largest absolute Gasteiger partial charge is 0.301 e. The van der Waals surface area contributed by atoms with Crippen molar-refractivity contribution in [2.75, 3.05) is 45.0 Å². The highest BCUT2D eigenvalue weighted by atomic mass is 35.5. The van der Waals surface area contributed by atoms with E-state index < -0.39 is 0 Å². The van der Waals surface area contributed by atoms with Crippen LogP contribution in [-0.2, 0) is 6.54 Å². The lowest BCUT2D eigenvalue weighted by atomic mass is 10.2. The summed E-state index contributed by atoms with van der Waals surface area (Å²) in [6.45, 7) is 4.85. The molecule has 1 rings (SSSR count). The minimum absolute atomic E-state index is 0.666. The fourth-order valence-electron chi connectivity index (χ4n) is 1.86. The van der Waals surface area contributed by atoms with Crippen molar-refractivity contribution in [1.82, 2.24) is 9.80 Å². The first-order chi connectivity index (χ1) is 8.76. The number of alkyl halides is 2. The first kappa shape index (κ1) is 15.8. The Morgan fingerprint density at radius 1 is 0.889 bits per heavy atom. The molecule has 0 unspecified atom stereocenters. The van der Waals surface area contributed by atoms with Crippen LogP contribution in [0.5, 0.6) is 0 Å². The molecule has 0 saturated heterocycles. The topological polar surface area (TPSA) is 6.48 Å². The molecule has 0 radical (unpaired) electrons. The predicted octanol–water partition coefficient (Wildman–Crippen LogP) is 2.90. The number of halogens is 2. The van der Waals surface area contributed by atoms with Gasteiger partial charge in [0.05, 0.1) is 0 Å². The molecule has 0 fully saturated rings. The van der Waals surface area contributed by atoms with Crippen LogP contribution >= 0.6 is 23.2 Å². The van der Waals surface area contributed by atoms with Gasteiger partial charge in [0.2, 0.25) is 0 Å². The Balaban J connectivity index is 2.28. The van der Waals surface area contributed by atoms with E-state index in [0.717, 1.165) is 32.7 Å². The van der Waals surface area contributed by atoms with E-state index in [4.69, 9.17) is 23.2 Å². The molecular formula is C14H22Cl2N2. The molecule has 0 aromatic heterocycles. The lowest BCUT2D eigenvalue weighted by molar-refractivity contribution is 0.238. The molecule has 4 heteroatoms. The van der Waals surface area contributed by atoms with Gasteiger partial charge < -0.3 is 4.90 Å². The fourth-order valence-corrected chi connectivity index (χ4v) is 2.34. The molecule has 0 aliphatic carbocycles. The van der Waals surface area contributed by atoms with E-state index in [0.29, 0.717) is 11.8 Å². The Bertz CT molecular complexity index is 300. The van der Waals surface area contributed by atoms with Crippen LogP contribution < -0.4 is 0 Å². The van der Waals surface area contributed by atoms with E-state index in [1.165, 1.54) is 5.56 Å². The highest BCUT2D eigenvalue weighted by Gasteiger charge is 2.06. The predicted molar refractivity (Wildman–Crippen MR) is 80.7 cm³/mol. The Labute approximate surface area is 120 Å². The van der Waals surface area contributed by atoms with E-state index in [2.05, 4.69) is 41.1 Å². The molecule has 1 aromatic rings. The minimum Gasteiger partial charge on any atom is -0.301 e. The molecule has 0 heterocycles. The van der Waals surface area contributed by atoms with Gasteiger partial charge in [-0.25, -0.2) is 0 Å². The second kappa shape index (κ2) is 9.62. The van der Waals surface area contributed by atoms with Gasteiger partial charge in [-0.05, 0) is 12.6 Å². The third-order valence-corrected chi connectivity index (χ3v) is 3.23. The van der Waals surface area contributed by atoms with Crippen LogP contribution in [0.4, 0.5) is 0 Å². The van der Waals surface area contributed by atoms with Crippen molar-refractivity contribution >= 4 is 23.2 Å². The number of hydrogen-bond donors (Lipinski definition) is 0. The Morgan fingerprint density at radius 3 is 2.06 bits per heavy atom. The molecule has 102 valence electrons. The van der Waals surface area contributed by atoms with Crippen LogP contribution in [0.15, 0.2) is 30.3 Å². The van der Waals surface area contributed by atoms with Crippen LogP contribution in [0, 0.1) is 0 Å². The number of rotatable bonds is 9. The van der Waals surface area contributed by atoms with Crippen molar-refractivity contribution in [3.8, 4) is 0 Å². The quantitative estimate of drug-likeness (QED) is 0.645. The number of nitrogens with zero attached hydrogens (tertiary/aromatic N) is 2. The first-order valence-corrected chi connectivity index (χ1v) is 7.40. The molecule has 1 aromatic carbocycles. The van der Waals surface area contributed by atoms with Crippen molar-refractivity contribution in [2.24, 2.45) is 0 Å². The van der Waals surface area contributed by atoms with Crippen LogP contribution in [0.25, 0.3) is 0 Å². The average Bonchev–Trinajstić information content (AvgIpc) is 2.38. The highest BCUT2D eigenvalue weighted by Crippen LogP contribution is 2.02. The summed E-state index contributed by atoms with van der Waals surface area (Å²) in [7, 11) is 2.15. The van der Waals surface area contributed by atoms with Gasteiger partial charge in [0.25, 0.3) is 0 Å². The summed E-state index contributed by atoms with van der Waals surface area (Å²) >= 11 is 11.6. The second-order valence-corrected chi connectivity index (χ2v) is 5.20. The van der Waals surface area contributed by atoms with Crippen molar-refractivity contribution in [3.63, 3.8) is 0 Å². The number of likely N-dealkylation sites (N-methyl/N-ethyl adjacent to an activating group) is 1. The third-order valence-electron chi connectivity index (χ3n) is 2.89. The lowest BCUT2D eigenvalue weighted by Crippen LogP contribution is -2.35. The molecule has 0 saturated carbocycles. The molecule has 0 bridgehead atoms. The van der Waals surface area contributed by atoms with E-state index in [1.807, 2.05) is 6.07 Å². The summed E-state index contributed by atoms with van der Waals surface area (Å²) in [6, 6.07) is 10.5. The molecule has 0 N–H and O–H groups in total. The second-order valence-electron chi connectivity index (χ2n) is 4.44. The van der Waals surface area contributed by atoms with Gasteiger partial charge in [0.15, 0.2) is 0 Å². The van der Waals surface area contributed by atoms with Gasteiger partial charge in [-0.3, -0.25) is 4.90 Å². The maximum atomic E-state index is 5.78. The Kier molecular flexibility index (Phi) is 8.44. The first-order valence-electron chi connectivity index (χ1n) is 6.33. The maximum Gasteiger partial charge on any atom is 0.0351 e. The summed E-state index contributed by atoms with van der Waals surface area (Å²) < 4.78 is 0. The smallest absolute Gasteiger partial charge is 0.0351 e. The van der Waals surface area contributed by atoms with Crippen molar-refractivity contribution < 1.29 is 0 Å². The van der Waals surface area contributed by atoms with Gasteiger partial charge in [0.1, 0.15) is 0 Å². The third kappa shape index (κ3) is 6.60. The van der Waals surface area contributed by atoms with E-state index in [9.17, 15) is 0 Å². The summed E-state index contributed by atoms with van der Waals surface area (Å²) in [5.74, 6) is 1.33. The lowest BCUT2D eigenvalue weighted by Gasteiger charge is -2.24. The normalized spacial score (nSPS) is 11.4. The highest BCUT2D eigenvalue weighted by molar-refractivity contribution is 6.18. The summed E-state index contributed by atoms with van der Waals surface area (Å²) in [5, 5.41) is 0. The number of hydrogen-bond acceptors (Lipinski definition) is 2. The summed E-state index contributed by atoms with van der Waals surface area (Å²) in [4.78, 5) is 4.63. The van der Waals surface area contributed by atoms with E-state index in [1.54, 1.807) is 0 Å². The molecule has 0 amide bonds. The van der Waals surface area contributed by atoms with Crippen molar-refractivity contribution in [2.45, 2.75) is 6.54 Å². The van der Waals surface area contributed by atoms with Gasteiger partial charge in [-0.2, -0.15) is 0 Å². The van der Waals surface area contributed by atoms with Gasteiger partial charge in [0, 0.05) is 44.5 Å². The van der Waals surface area contributed by atoms with Crippen LogP contribution in [-0.4, -0.2) is 54.8 Å². The van der Waals surface area contributed by atoms with Gasteiger partial charge in [-0.1, -0.05) is 30.3 Å². The monoisotopic (exact) mass is 288 g/mol. The molecule has 0 atom stereocenters. The molecule has 18 heavy (non-hydrogen) atoms. The van der Waals surface area contributed by atoms with Gasteiger partial charge >= 0.3 is 0 Å². The standard InChI is InChI=1S/C14H22Cl2N2/c1-17(13-14-5-3-2-4-6-14)11-12-18(9-7-15)10-8-16/h2-6H,7-13H2,1H3. The fraction of sp³-hybridized carbons (Fsp3) is 0.571. The molecule has 0 spiro atoms. The molecule has 0 aliphatic heterocycles. The zero-order valence-corrected chi connectivity index (χ0v) is 12.5. The minimum atomic E-state index is 0.666. The maximum absolute atomic E-state index is 5.78. The Hall–Kier alpha value is -0.280. The van der Waals surface area contributed by atoms with Crippen molar-refractivity contribution in [1.29, 1.82) is 0 Å². The SMILES string of the molecule is CN(CCN(CCCl)CCCl)Cc1ccccc1. The zero-order chi connectivity index (χ0) is 13.2. The summed E-state index contributed by atoms with van der Waals surface area (Å²) in [5.41, 5.74) is 1.35. The zero-order valence-electron chi connectivity index (χ0n) is 11.0. The van der Waals surface area contributed by atoms with Crippen LogP contribution in [0.3, 0.4) is 0 Å². The average molecular weight is 289 g/mol.